The lowest BCUT2D eigenvalue weighted by atomic mass is 10.1. The minimum Gasteiger partial charge on any atom is -0.497 e. The fraction of sp³-hybridized carbons (Fsp3) is 0.167. The van der Waals surface area contributed by atoms with E-state index in [1.54, 1.807) is 49.6 Å². The van der Waals surface area contributed by atoms with Crippen molar-refractivity contribution in [3.05, 3.63) is 60.7 Å². The van der Waals surface area contributed by atoms with Crippen molar-refractivity contribution in [3.63, 3.8) is 0 Å². The minimum absolute atomic E-state index is 0.244. The Labute approximate surface area is 135 Å². The summed E-state index contributed by atoms with van der Waals surface area (Å²) < 4.78 is 15.9. The van der Waals surface area contributed by atoms with E-state index in [1.165, 1.54) is 7.11 Å². The third kappa shape index (κ3) is 4.26. The van der Waals surface area contributed by atoms with Crippen LogP contribution < -0.4 is 19.5 Å². The Hall–Kier alpha value is -2.95. The van der Waals surface area contributed by atoms with Gasteiger partial charge in [0, 0.05) is 17.3 Å². The molecular formula is C18H19NO4. The van der Waals surface area contributed by atoms with Crippen molar-refractivity contribution in [2.75, 3.05) is 26.1 Å². The van der Waals surface area contributed by atoms with Crippen LogP contribution in [0.5, 0.6) is 17.2 Å². The van der Waals surface area contributed by atoms with Crippen LogP contribution in [0.3, 0.4) is 0 Å². The fourth-order valence-electron chi connectivity index (χ4n) is 1.98. The average molecular weight is 313 g/mol. The molecule has 0 saturated carbocycles. The summed E-state index contributed by atoms with van der Waals surface area (Å²) in [7, 11) is 3.10. The first kappa shape index (κ1) is 16.4. The number of carbonyl (C=O) groups is 1. The van der Waals surface area contributed by atoms with Crippen molar-refractivity contribution < 1.29 is 19.0 Å². The number of hydrogen-bond acceptors (Lipinski definition) is 4. The molecule has 0 aromatic heterocycles. The van der Waals surface area contributed by atoms with Crippen LogP contribution in [0.15, 0.2) is 55.1 Å². The van der Waals surface area contributed by atoms with Crippen LogP contribution in [0.2, 0.25) is 0 Å². The van der Waals surface area contributed by atoms with Crippen LogP contribution in [-0.2, 0) is 0 Å². The second kappa shape index (κ2) is 7.89. The molecule has 5 nitrogen and oxygen atoms in total. The first-order valence-electron chi connectivity index (χ1n) is 7.05. The molecule has 0 fully saturated rings. The second-order valence-corrected chi connectivity index (χ2v) is 4.65. The zero-order valence-corrected chi connectivity index (χ0v) is 13.2. The van der Waals surface area contributed by atoms with E-state index in [4.69, 9.17) is 14.2 Å². The largest absolute Gasteiger partial charge is 0.497 e. The van der Waals surface area contributed by atoms with Crippen molar-refractivity contribution in [2.24, 2.45) is 0 Å². The van der Waals surface area contributed by atoms with Crippen LogP contribution in [0.25, 0.3) is 0 Å². The highest BCUT2D eigenvalue weighted by molar-refractivity contribution is 6.04. The first-order valence-corrected chi connectivity index (χ1v) is 7.05. The molecule has 1 amide bonds. The predicted octanol–water partition coefficient (Wildman–Crippen LogP) is 3.52. The fourth-order valence-corrected chi connectivity index (χ4v) is 1.98. The smallest absolute Gasteiger partial charge is 0.255 e. The van der Waals surface area contributed by atoms with Gasteiger partial charge in [0.2, 0.25) is 0 Å². The normalized spacial score (nSPS) is 9.83. The minimum atomic E-state index is -0.244. The van der Waals surface area contributed by atoms with Crippen LogP contribution in [0.1, 0.15) is 10.4 Å². The highest BCUT2D eigenvalue weighted by Crippen LogP contribution is 2.28. The number of hydrogen-bond donors (Lipinski definition) is 1. The maximum Gasteiger partial charge on any atom is 0.255 e. The molecule has 0 aliphatic heterocycles. The number of carbonyl (C=O) groups excluding carboxylic acids is 1. The molecule has 0 aliphatic carbocycles. The predicted molar refractivity (Wildman–Crippen MR) is 89.6 cm³/mol. The number of amides is 1. The highest BCUT2D eigenvalue weighted by Gasteiger charge is 2.11. The molecular weight excluding hydrogens is 294 g/mol. The number of methoxy groups -OCH3 is 2. The number of benzene rings is 2. The molecule has 0 unspecified atom stereocenters. The van der Waals surface area contributed by atoms with Crippen LogP contribution in [-0.4, -0.2) is 26.7 Å². The van der Waals surface area contributed by atoms with Crippen molar-refractivity contribution in [1.82, 2.24) is 0 Å². The van der Waals surface area contributed by atoms with E-state index >= 15 is 0 Å². The third-order valence-electron chi connectivity index (χ3n) is 3.11. The summed E-state index contributed by atoms with van der Waals surface area (Å²) in [5, 5.41) is 2.82. The molecule has 0 saturated heterocycles. The van der Waals surface area contributed by atoms with Crippen LogP contribution in [0, 0.1) is 0 Å². The number of rotatable bonds is 7. The average Bonchev–Trinajstić information content (AvgIpc) is 2.59. The highest BCUT2D eigenvalue weighted by atomic mass is 16.5. The Balaban J connectivity index is 2.16. The van der Waals surface area contributed by atoms with Gasteiger partial charge >= 0.3 is 0 Å². The van der Waals surface area contributed by atoms with E-state index in [9.17, 15) is 4.79 Å². The quantitative estimate of drug-likeness (QED) is 0.795. The van der Waals surface area contributed by atoms with Crippen molar-refractivity contribution in [2.45, 2.75) is 0 Å². The van der Waals surface area contributed by atoms with Crippen LogP contribution in [0.4, 0.5) is 5.69 Å². The van der Waals surface area contributed by atoms with Gasteiger partial charge in [-0.3, -0.25) is 4.79 Å². The van der Waals surface area contributed by atoms with Gasteiger partial charge in [-0.15, -0.1) is 0 Å². The second-order valence-electron chi connectivity index (χ2n) is 4.65. The first-order chi connectivity index (χ1) is 11.2. The summed E-state index contributed by atoms with van der Waals surface area (Å²) in [6, 6.07) is 12.2. The maximum atomic E-state index is 12.3. The summed E-state index contributed by atoms with van der Waals surface area (Å²) in [5.41, 5.74) is 1.12. The Kier molecular flexibility index (Phi) is 5.63. The van der Waals surface area contributed by atoms with Gasteiger partial charge in [0.15, 0.2) is 11.5 Å². The molecule has 2 aromatic rings. The van der Waals surface area contributed by atoms with E-state index in [0.29, 0.717) is 35.1 Å². The van der Waals surface area contributed by atoms with Gasteiger partial charge in [-0.2, -0.15) is 0 Å². The molecule has 2 aromatic carbocycles. The van der Waals surface area contributed by atoms with E-state index in [-0.39, 0.29) is 5.91 Å². The Morgan fingerprint density at radius 3 is 2.65 bits per heavy atom. The van der Waals surface area contributed by atoms with Gasteiger partial charge in [0.25, 0.3) is 5.91 Å². The van der Waals surface area contributed by atoms with Gasteiger partial charge in [0.05, 0.1) is 14.2 Å². The summed E-state index contributed by atoms with van der Waals surface area (Å²) in [4.78, 5) is 12.3. The Bertz CT molecular complexity index is 697. The lowest BCUT2D eigenvalue weighted by Gasteiger charge is -2.11. The van der Waals surface area contributed by atoms with Gasteiger partial charge in [0.1, 0.15) is 12.4 Å². The monoisotopic (exact) mass is 313 g/mol. The van der Waals surface area contributed by atoms with Gasteiger partial charge < -0.3 is 19.5 Å². The summed E-state index contributed by atoms with van der Waals surface area (Å²) in [6.45, 7) is 3.96. The SMILES string of the molecule is C=CCOc1ccc(C(=O)Nc2cccc(OC)c2)cc1OC. The molecule has 5 heteroatoms. The summed E-state index contributed by atoms with van der Waals surface area (Å²) in [5.74, 6) is 1.48. The molecule has 0 atom stereocenters. The number of nitrogens with one attached hydrogen (secondary N) is 1. The topological polar surface area (TPSA) is 56.8 Å². The molecule has 0 bridgehead atoms. The standard InChI is InChI=1S/C18H19NO4/c1-4-10-23-16-9-8-13(11-17(16)22-3)18(20)19-14-6-5-7-15(12-14)21-2/h4-9,11-12H,1,10H2,2-3H3,(H,19,20). The van der Waals surface area contributed by atoms with Gasteiger partial charge in [-0.1, -0.05) is 18.7 Å². The molecule has 1 N–H and O–H groups in total. The molecule has 23 heavy (non-hydrogen) atoms. The Morgan fingerprint density at radius 2 is 1.96 bits per heavy atom. The van der Waals surface area contributed by atoms with Crippen molar-refractivity contribution in [3.8, 4) is 17.2 Å². The summed E-state index contributed by atoms with van der Waals surface area (Å²) in [6.07, 6.45) is 1.64. The van der Waals surface area contributed by atoms with Crippen molar-refractivity contribution >= 4 is 11.6 Å². The molecule has 0 spiro atoms. The molecule has 0 heterocycles. The zero-order valence-electron chi connectivity index (χ0n) is 13.2. The van der Waals surface area contributed by atoms with Gasteiger partial charge in [-0.05, 0) is 30.3 Å². The van der Waals surface area contributed by atoms with Gasteiger partial charge in [-0.25, -0.2) is 0 Å². The molecule has 120 valence electrons. The van der Waals surface area contributed by atoms with E-state index < -0.39 is 0 Å². The van der Waals surface area contributed by atoms with E-state index in [0.717, 1.165) is 0 Å². The van der Waals surface area contributed by atoms with E-state index in [1.807, 2.05) is 6.07 Å². The van der Waals surface area contributed by atoms with Crippen LogP contribution >= 0.6 is 0 Å². The third-order valence-corrected chi connectivity index (χ3v) is 3.11. The maximum absolute atomic E-state index is 12.3. The lowest BCUT2D eigenvalue weighted by molar-refractivity contribution is 0.102. The molecule has 0 aliphatic rings. The number of ether oxygens (including phenoxy) is 3. The van der Waals surface area contributed by atoms with E-state index in [2.05, 4.69) is 11.9 Å². The Morgan fingerprint density at radius 1 is 1.13 bits per heavy atom. The molecule has 2 rings (SSSR count). The molecule has 0 radical (unpaired) electrons. The zero-order chi connectivity index (χ0) is 16.7. The summed E-state index contributed by atoms with van der Waals surface area (Å²) >= 11 is 0. The van der Waals surface area contributed by atoms with Crippen molar-refractivity contribution in [1.29, 1.82) is 0 Å². The number of anilines is 1. The lowest BCUT2D eigenvalue weighted by Crippen LogP contribution is -2.12.